The third-order valence-electron chi connectivity index (χ3n) is 5.22. The van der Waals surface area contributed by atoms with Crippen molar-refractivity contribution in [3.8, 4) is 17.9 Å². The fraction of sp³-hybridized carbons (Fsp3) is 0.462. The van der Waals surface area contributed by atoms with Gasteiger partial charge in [-0.1, -0.05) is 94.7 Å². The van der Waals surface area contributed by atoms with Crippen LogP contribution in [0, 0.1) is 34.3 Å². The molecule has 0 saturated carbocycles. The smallest absolute Gasteiger partial charge is 0.185 e. The molecule has 0 amide bonds. The van der Waals surface area contributed by atoms with Gasteiger partial charge in [0.05, 0.1) is 11.5 Å². The predicted molar refractivity (Wildman–Crippen MR) is 124 cm³/mol. The van der Waals surface area contributed by atoms with Crippen LogP contribution in [0.15, 0.2) is 40.1 Å². The molecule has 170 valence electrons. The van der Waals surface area contributed by atoms with E-state index < -0.39 is 22.8 Å². The zero-order valence-electron chi connectivity index (χ0n) is 18.6. The first kappa shape index (κ1) is 25.7. The number of ether oxygens (including phenoxy) is 1. The molecule has 2 aromatic carbocycles. The highest BCUT2D eigenvalue weighted by Gasteiger charge is 2.26. The highest BCUT2D eigenvalue weighted by atomic mass is 32.2. The van der Waals surface area contributed by atoms with Crippen molar-refractivity contribution in [3.63, 3.8) is 0 Å². The molecule has 0 fully saturated rings. The van der Waals surface area contributed by atoms with E-state index in [1.54, 1.807) is 36.4 Å². The van der Waals surface area contributed by atoms with Crippen molar-refractivity contribution in [2.24, 2.45) is 0 Å². The van der Waals surface area contributed by atoms with Gasteiger partial charge >= 0.3 is 0 Å². The molecule has 2 rings (SSSR count). The van der Waals surface area contributed by atoms with Crippen molar-refractivity contribution in [2.75, 3.05) is 6.61 Å². The van der Waals surface area contributed by atoms with Crippen LogP contribution in [-0.2, 0) is 0 Å². The van der Waals surface area contributed by atoms with E-state index in [9.17, 15) is 14.9 Å². The Labute approximate surface area is 194 Å². The third kappa shape index (κ3) is 7.53. The van der Waals surface area contributed by atoms with E-state index in [2.05, 4.69) is 6.92 Å². The SMILES string of the molecule is CCCCCCCCCCCCOc1c(F)c(C#N)c(C#N)c(F)c1Sc1ccccc1. The minimum Gasteiger partial charge on any atom is -0.489 e. The van der Waals surface area contributed by atoms with Crippen molar-refractivity contribution in [3.05, 3.63) is 53.1 Å². The van der Waals surface area contributed by atoms with Crippen LogP contribution in [0.3, 0.4) is 0 Å². The van der Waals surface area contributed by atoms with E-state index in [0.717, 1.165) is 24.6 Å². The monoisotopic (exact) mass is 456 g/mol. The molecule has 0 N–H and O–H groups in total. The van der Waals surface area contributed by atoms with Crippen LogP contribution in [0.1, 0.15) is 82.3 Å². The highest BCUT2D eigenvalue weighted by Crippen LogP contribution is 2.41. The topological polar surface area (TPSA) is 56.8 Å². The van der Waals surface area contributed by atoms with Gasteiger partial charge < -0.3 is 4.74 Å². The zero-order chi connectivity index (χ0) is 23.2. The molecule has 0 spiro atoms. The molecule has 0 aliphatic carbocycles. The number of rotatable bonds is 14. The van der Waals surface area contributed by atoms with E-state index in [1.165, 1.54) is 44.9 Å². The van der Waals surface area contributed by atoms with Gasteiger partial charge in [-0.2, -0.15) is 10.5 Å². The predicted octanol–water partition coefficient (Wildman–Crippen LogP) is 8.16. The van der Waals surface area contributed by atoms with Crippen molar-refractivity contribution < 1.29 is 13.5 Å². The molecule has 0 unspecified atom stereocenters. The van der Waals surface area contributed by atoms with Crippen LogP contribution in [0.25, 0.3) is 0 Å². The number of nitriles is 2. The number of hydrogen-bond donors (Lipinski definition) is 0. The molecule has 0 atom stereocenters. The van der Waals surface area contributed by atoms with Crippen LogP contribution in [0.5, 0.6) is 5.75 Å². The van der Waals surface area contributed by atoms with Crippen LogP contribution < -0.4 is 4.74 Å². The lowest BCUT2D eigenvalue weighted by Crippen LogP contribution is -2.06. The summed E-state index contributed by atoms with van der Waals surface area (Å²) in [6.45, 7) is 2.44. The van der Waals surface area contributed by atoms with Gasteiger partial charge in [0, 0.05) is 4.90 Å². The molecule has 6 heteroatoms. The van der Waals surface area contributed by atoms with Gasteiger partial charge in [-0.25, -0.2) is 8.78 Å². The van der Waals surface area contributed by atoms with Crippen LogP contribution in [-0.4, -0.2) is 6.61 Å². The zero-order valence-corrected chi connectivity index (χ0v) is 19.4. The Morgan fingerprint density at radius 1 is 0.781 bits per heavy atom. The van der Waals surface area contributed by atoms with Crippen LogP contribution >= 0.6 is 11.8 Å². The summed E-state index contributed by atoms with van der Waals surface area (Å²) < 4.78 is 35.7. The molecule has 2 aromatic rings. The molecular formula is C26H30F2N2OS. The first-order chi connectivity index (χ1) is 15.6. The Morgan fingerprint density at radius 2 is 1.31 bits per heavy atom. The van der Waals surface area contributed by atoms with Crippen LogP contribution in [0.4, 0.5) is 8.78 Å². The molecule has 32 heavy (non-hydrogen) atoms. The highest BCUT2D eigenvalue weighted by molar-refractivity contribution is 7.99. The minimum atomic E-state index is -0.976. The second-order valence-corrected chi connectivity index (χ2v) is 8.79. The van der Waals surface area contributed by atoms with Crippen molar-refractivity contribution in [1.82, 2.24) is 0 Å². The molecule has 0 aliphatic rings. The Balaban J connectivity index is 1.98. The summed E-state index contributed by atoms with van der Waals surface area (Å²) in [4.78, 5) is 0.583. The quantitative estimate of drug-likeness (QED) is 0.269. The summed E-state index contributed by atoms with van der Waals surface area (Å²) in [7, 11) is 0. The van der Waals surface area contributed by atoms with E-state index >= 15 is 4.39 Å². The lowest BCUT2D eigenvalue weighted by molar-refractivity contribution is 0.279. The summed E-state index contributed by atoms with van der Waals surface area (Å²) in [5, 5.41) is 18.5. The van der Waals surface area contributed by atoms with Crippen molar-refractivity contribution in [1.29, 1.82) is 10.5 Å². The largest absolute Gasteiger partial charge is 0.489 e. The van der Waals surface area contributed by atoms with Gasteiger partial charge in [-0.3, -0.25) is 0 Å². The normalized spacial score (nSPS) is 10.5. The van der Waals surface area contributed by atoms with E-state index in [-0.39, 0.29) is 17.3 Å². The van der Waals surface area contributed by atoms with Gasteiger partial charge in [-0.15, -0.1) is 0 Å². The van der Waals surface area contributed by atoms with Gasteiger partial charge in [0.2, 0.25) is 0 Å². The first-order valence-corrected chi connectivity index (χ1v) is 12.2. The van der Waals surface area contributed by atoms with Crippen molar-refractivity contribution in [2.45, 2.75) is 80.9 Å². The average Bonchev–Trinajstić information content (AvgIpc) is 2.81. The molecule has 0 aliphatic heterocycles. The van der Waals surface area contributed by atoms with Gasteiger partial charge in [0.15, 0.2) is 17.4 Å². The fourth-order valence-electron chi connectivity index (χ4n) is 3.45. The summed E-state index contributed by atoms with van der Waals surface area (Å²) in [5.74, 6) is -2.18. The Hall–Kier alpha value is -2.57. The number of unbranched alkanes of at least 4 members (excludes halogenated alkanes) is 9. The maximum absolute atomic E-state index is 15.0. The number of halogens is 2. The van der Waals surface area contributed by atoms with E-state index in [0.29, 0.717) is 11.3 Å². The Kier molecular flexibility index (Phi) is 11.6. The maximum Gasteiger partial charge on any atom is 0.185 e. The third-order valence-corrected chi connectivity index (χ3v) is 6.30. The lowest BCUT2D eigenvalue weighted by Gasteiger charge is -2.15. The van der Waals surface area contributed by atoms with E-state index in [4.69, 9.17) is 4.74 Å². The van der Waals surface area contributed by atoms with Gasteiger partial charge in [0.25, 0.3) is 0 Å². The minimum absolute atomic E-state index is 0.101. The number of hydrogen-bond acceptors (Lipinski definition) is 4. The molecule has 0 bridgehead atoms. The Bertz CT molecular complexity index is 936. The van der Waals surface area contributed by atoms with Gasteiger partial charge in [0.1, 0.15) is 23.3 Å². The fourth-order valence-corrected chi connectivity index (χ4v) is 4.41. The lowest BCUT2D eigenvalue weighted by atomic mass is 10.1. The molecule has 0 radical (unpaired) electrons. The summed E-state index contributed by atoms with van der Waals surface area (Å²) in [6.07, 6.45) is 11.6. The Morgan fingerprint density at radius 3 is 1.88 bits per heavy atom. The molecule has 0 aromatic heterocycles. The summed E-state index contributed by atoms with van der Waals surface area (Å²) in [6, 6.07) is 12.1. The number of nitrogens with zero attached hydrogens (tertiary/aromatic N) is 2. The number of benzene rings is 2. The average molecular weight is 457 g/mol. The van der Waals surface area contributed by atoms with E-state index in [1.807, 2.05) is 6.07 Å². The first-order valence-electron chi connectivity index (χ1n) is 11.3. The second-order valence-electron chi connectivity index (χ2n) is 7.71. The van der Waals surface area contributed by atoms with Crippen LogP contribution in [0.2, 0.25) is 0 Å². The maximum atomic E-state index is 15.0. The summed E-state index contributed by atoms with van der Waals surface area (Å²) in [5.41, 5.74) is -1.20. The second kappa shape index (κ2) is 14.5. The molecule has 0 heterocycles. The van der Waals surface area contributed by atoms with Gasteiger partial charge in [-0.05, 0) is 18.6 Å². The molecule has 3 nitrogen and oxygen atoms in total. The van der Waals surface area contributed by atoms with Crippen molar-refractivity contribution >= 4 is 11.8 Å². The summed E-state index contributed by atoms with van der Waals surface area (Å²) >= 11 is 0.986. The molecular weight excluding hydrogens is 426 g/mol. The standard InChI is InChI=1S/C26H30F2N2OS/c1-2-3-4-5-6-7-8-9-10-14-17-31-25-23(27)21(18-29)22(19-30)24(28)26(25)32-20-15-12-11-13-16-20/h11-13,15-16H,2-10,14,17H2,1H3. The molecule has 0 saturated heterocycles.